The van der Waals surface area contributed by atoms with Crippen molar-refractivity contribution in [3.63, 3.8) is 0 Å². The molecule has 0 saturated heterocycles. The van der Waals surface area contributed by atoms with Crippen molar-refractivity contribution in [1.29, 1.82) is 0 Å². The fourth-order valence-corrected chi connectivity index (χ4v) is 5.32. The molecule has 0 radical (unpaired) electrons. The summed E-state index contributed by atoms with van der Waals surface area (Å²) in [6.07, 6.45) is -1.89. The molecule has 206 valence electrons. The molecule has 1 aliphatic carbocycles. The molecule has 1 fully saturated rings. The predicted octanol–water partition coefficient (Wildman–Crippen LogP) is 5.79. The molecule has 0 aliphatic heterocycles. The lowest BCUT2D eigenvalue weighted by Crippen LogP contribution is -2.49. The number of rotatable bonds is 15. The van der Waals surface area contributed by atoms with E-state index in [0.29, 0.717) is 19.8 Å². The smallest absolute Gasteiger partial charge is 0.192 e. The third-order valence-corrected chi connectivity index (χ3v) is 12.3. The summed E-state index contributed by atoms with van der Waals surface area (Å²) in [5.74, 6) is 0.135. The number of hydrogen-bond acceptors (Lipinski definition) is 6. The van der Waals surface area contributed by atoms with Crippen LogP contribution in [0.15, 0.2) is 60.7 Å². The van der Waals surface area contributed by atoms with Crippen LogP contribution in [0.4, 0.5) is 0 Å². The van der Waals surface area contributed by atoms with E-state index < -0.39 is 26.6 Å². The minimum Gasteiger partial charge on any atom is -0.414 e. The summed E-state index contributed by atoms with van der Waals surface area (Å²) in [6, 6.07) is 20.1. The van der Waals surface area contributed by atoms with Crippen LogP contribution >= 0.6 is 0 Å². The Labute approximate surface area is 224 Å². The van der Waals surface area contributed by atoms with E-state index in [0.717, 1.165) is 11.1 Å². The number of benzene rings is 2. The zero-order chi connectivity index (χ0) is 27.1. The van der Waals surface area contributed by atoms with Crippen LogP contribution in [0, 0.1) is 11.8 Å². The van der Waals surface area contributed by atoms with Crippen LogP contribution in [-0.2, 0) is 36.6 Å². The van der Waals surface area contributed by atoms with Crippen LogP contribution in [0.1, 0.15) is 38.8 Å². The summed E-state index contributed by atoms with van der Waals surface area (Å²) < 4.78 is 30.5. The van der Waals surface area contributed by atoms with E-state index in [2.05, 4.69) is 40.8 Å². The number of aliphatic hydroxyl groups excluding tert-OH is 1. The number of ether oxygens (including phenoxy) is 4. The van der Waals surface area contributed by atoms with Gasteiger partial charge in [0, 0.05) is 13.0 Å². The molecular weight excluding hydrogens is 484 g/mol. The number of aliphatic hydroxyl groups is 1. The van der Waals surface area contributed by atoms with Gasteiger partial charge in [0.2, 0.25) is 0 Å². The Morgan fingerprint density at radius 1 is 0.892 bits per heavy atom. The molecule has 37 heavy (non-hydrogen) atoms. The van der Waals surface area contributed by atoms with Gasteiger partial charge in [0.15, 0.2) is 8.32 Å². The van der Waals surface area contributed by atoms with Gasteiger partial charge < -0.3 is 28.5 Å². The maximum Gasteiger partial charge on any atom is 0.192 e. The van der Waals surface area contributed by atoms with Crippen molar-refractivity contribution >= 4 is 8.32 Å². The van der Waals surface area contributed by atoms with Crippen molar-refractivity contribution in [2.24, 2.45) is 11.8 Å². The van der Waals surface area contributed by atoms with Crippen molar-refractivity contribution in [3.8, 4) is 0 Å². The van der Waals surface area contributed by atoms with Gasteiger partial charge in [-0.25, -0.2) is 0 Å². The molecule has 1 N–H and O–H groups in total. The van der Waals surface area contributed by atoms with E-state index in [1.807, 2.05) is 60.7 Å². The summed E-state index contributed by atoms with van der Waals surface area (Å²) in [6.45, 7) is 14.6. The summed E-state index contributed by atoms with van der Waals surface area (Å²) >= 11 is 0. The Balaban J connectivity index is 1.83. The summed E-state index contributed by atoms with van der Waals surface area (Å²) in [5.41, 5.74) is 2.11. The predicted molar refractivity (Wildman–Crippen MR) is 149 cm³/mol. The maximum atomic E-state index is 11.7. The molecule has 0 bridgehead atoms. The van der Waals surface area contributed by atoms with E-state index >= 15 is 0 Å². The second-order valence-electron chi connectivity index (χ2n) is 11.6. The molecule has 1 aliphatic rings. The lowest BCUT2D eigenvalue weighted by atomic mass is 10.0. The average molecular weight is 531 g/mol. The van der Waals surface area contributed by atoms with E-state index in [1.165, 1.54) is 0 Å². The van der Waals surface area contributed by atoms with Gasteiger partial charge >= 0.3 is 0 Å². The Hall–Kier alpha value is -1.58. The second kappa shape index (κ2) is 13.5. The molecule has 2 aromatic rings. The van der Waals surface area contributed by atoms with Gasteiger partial charge in [-0.2, -0.15) is 0 Å². The second-order valence-corrected chi connectivity index (χ2v) is 16.4. The van der Waals surface area contributed by atoms with Crippen molar-refractivity contribution in [2.75, 3.05) is 20.5 Å². The zero-order valence-electron chi connectivity index (χ0n) is 23.6. The van der Waals surface area contributed by atoms with Gasteiger partial charge in [-0.1, -0.05) is 88.4 Å². The summed E-state index contributed by atoms with van der Waals surface area (Å²) in [7, 11) is -0.451. The highest BCUT2D eigenvalue weighted by Crippen LogP contribution is 2.46. The number of methoxy groups -OCH3 is 1. The van der Waals surface area contributed by atoms with E-state index in [4.69, 9.17) is 23.4 Å². The standard InChI is InChI=1S/C30H46O6Si/c1-22-26(28(22)35-21-32-5)27(31)29(34-19-24-16-12-9-13-17-24)25(20-36-37(6,7)30(2,3)4)33-18-23-14-10-8-11-15-23/h8-17,22,25-29,31H,18-21H2,1-7H3/t22?,25-,26?,27?,28?,29-/m1/s1. The highest BCUT2D eigenvalue weighted by molar-refractivity contribution is 6.74. The first-order valence-electron chi connectivity index (χ1n) is 13.3. The lowest BCUT2D eigenvalue weighted by molar-refractivity contribution is -0.152. The average Bonchev–Trinajstić information content (AvgIpc) is 3.52. The first-order chi connectivity index (χ1) is 17.5. The lowest BCUT2D eigenvalue weighted by Gasteiger charge is -2.39. The first-order valence-corrected chi connectivity index (χ1v) is 16.2. The topological polar surface area (TPSA) is 66.4 Å². The fraction of sp³-hybridized carbons (Fsp3) is 0.600. The molecule has 7 heteroatoms. The van der Waals surface area contributed by atoms with Crippen LogP contribution in [0.5, 0.6) is 0 Å². The van der Waals surface area contributed by atoms with Crippen LogP contribution in [0.2, 0.25) is 18.1 Å². The van der Waals surface area contributed by atoms with E-state index in [9.17, 15) is 5.11 Å². The third kappa shape index (κ3) is 8.45. The Kier molecular flexibility index (Phi) is 10.9. The van der Waals surface area contributed by atoms with Crippen molar-refractivity contribution < 1.29 is 28.5 Å². The molecule has 3 rings (SSSR count). The van der Waals surface area contributed by atoms with Crippen LogP contribution in [0.25, 0.3) is 0 Å². The molecule has 0 heterocycles. The molecule has 2 aromatic carbocycles. The molecule has 6 atom stereocenters. The largest absolute Gasteiger partial charge is 0.414 e. The first kappa shape index (κ1) is 30.0. The highest BCUT2D eigenvalue weighted by Gasteiger charge is 2.55. The Morgan fingerprint density at radius 3 is 1.95 bits per heavy atom. The zero-order valence-corrected chi connectivity index (χ0v) is 24.6. The van der Waals surface area contributed by atoms with Gasteiger partial charge in [0.1, 0.15) is 19.0 Å². The van der Waals surface area contributed by atoms with Gasteiger partial charge in [-0.05, 0) is 35.2 Å². The molecule has 1 saturated carbocycles. The summed E-state index contributed by atoms with van der Waals surface area (Å²) in [5, 5.41) is 11.7. The summed E-state index contributed by atoms with van der Waals surface area (Å²) in [4.78, 5) is 0. The Bertz CT molecular complexity index is 917. The van der Waals surface area contributed by atoms with Crippen molar-refractivity contribution in [1.82, 2.24) is 0 Å². The monoisotopic (exact) mass is 530 g/mol. The molecule has 0 spiro atoms. The highest BCUT2D eigenvalue weighted by atomic mass is 28.4. The van der Waals surface area contributed by atoms with Gasteiger partial charge in [0.05, 0.1) is 32.0 Å². The minimum absolute atomic E-state index is 0.0556. The maximum absolute atomic E-state index is 11.7. The molecular formula is C30H46O6Si. The fourth-order valence-electron chi connectivity index (χ4n) is 4.30. The quantitative estimate of drug-likeness (QED) is 0.232. The molecule has 0 amide bonds. The van der Waals surface area contributed by atoms with Crippen molar-refractivity contribution in [3.05, 3.63) is 71.8 Å². The van der Waals surface area contributed by atoms with Crippen LogP contribution in [-0.4, -0.2) is 58.3 Å². The minimum atomic E-state index is -2.06. The SMILES string of the molecule is COCOC1C(C)C1C(O)[C@H](OCc1ccccc1)[C@@H](CO[Si](C)(C)C(C)(C)C)OCc1ccccc1. The normalized spacial score (nSPS) is 22.4. The molecule has 0 aromatic heterocycles. The van der Waals surface area contributed by atoms with Crippen molar-refractivity contribution in [2.45, 2.75) is 83.5 Å². The molecule has 6 nitrogen and oxygen atoms in total. The van der Waals surface area contributed by atoms with Crippen LogP contribution in [0.3, 0.4) is 0 Å². The van der Waals surface area contributed by atoms with E-state index in [-0.39, 0.29) is 29.8 Å². The van der Waals surface area contributed by atoms with E-state index in [1.54, 1.807) is 7.11 Å². The Morgan fingerprint density at radius 2 is 1.43 bits per heavy atom. The molecule has 4 unspecified atom stereocenters. The van der Waals surface area contributed by atoms with Gasteiger partial charge in [0.25, 0.3) is 0 Å². The van der Waals surface area contributed by atoms with Gasteiger partial charge in [-0.15, -0.1) is 0 Å². The van der Waals surface area contributed by atoms with Crippen LogP contribution < -0.4 is 0 Å². The third-order valence-electron chi connectivity index (χ3n) is 7.85. The number of hydrogen-bond donors (Lipinski definition) is 1. The van der Waals surface area contributed by atoms with Gasteiger partial charge in [-0.3, -0.25) is 0 Å².